The van der Waals surface area contributed by atoms with E-state index in [0.29, 0.717) is 12.1 Å². The molecule has 0 spiro atoms. The minimum atomic E-state index is -0.0790. The molecule has 0 bridgehead atoms. The van der Waals surface area contributed by atoms with Crippen molar-refractivity contribution in [2.24, 2.45) is 0 Å². The molecule has 3 rings (SSSR count). The maximum atomic E-state index is 12.6. The number of piperazine rings is 1. The van der Waals surface area contributed by atoms with Crippen LogP contribution in [-0.4, -0.2) is 55.5 Å². The number of likely N-dealkylation sites (N-methyl/N-ethyl adjacent to an activating group) is 1. The van der Waals surface area contributed by atoms with Crippen molar-refractivity contribution in [3.8, 4) is 5.75 Å². The van der Waals surface area contributed by atoms with Gasteiger partial charge in [-0.2, -0.15) is 0 Å². The summed E-state index contributed by atoms with van der Waals surface area (Å²) in [6.07, 6.45) is 0. The van der Waals surface area contributed by atoms with Crippen molar-refractivity contribution in [1.82, 2.24) is 15.1 Å². The monoisotopic (exact) mass is 381 g/mol. The number of carbonyl (C=O) groups excluding carboxylic acids is 1. The molecule has 1 aliphatic rings. The third kappa shape index (κ3) is 5.12. The van der Waals surface area contributed by atoms with Crippen LogP contribution in [0.4, 0.5) is 0 Å². The molecule has 0 saturated carbocycles. The van der Waals surface area contributed by atoms with Crippen LogP contribution in [0.1, 0.15) is 34.0 Å². The first-order valence-corrected chi connectivity index (χ1v) is 10.0. The standard InChI is InChI=1S/C23H31N3O2/c1-4-25-11-13-26(14-12-25)17-21-8-6-5-7-20(21)16-24-23(27)19-10-9-18(2)22(15-19)28-3/h5-10,15H,4,11-14,16-17H2,1-3H3,(H,24,27). The van der Waals surface area contributed by atoms with Crippen LogP contribution in [0.3, 0.4) is 0 Å². The molecule has 0 radical (unpaired) electrons. The van der Waals surface area contributed by atoms with E-state index in [4.69, 9.17) is 4.74 Å². The predicted molar refractivity (Wildman–Crippen MR) is 113 cm³/mol. The van der Waals surface area contributed by atoms with E-state index in [0.717, 1.165) is 50.6 Å². The normalized spacial score (nSPS) is 15.4. The van der Waals surface area contributed by atoms with Gasteiger partial charge in [-0.15, -0.1) is 0 Å². The Hall–Kier alpha value is -2.37. The number of amides is 1. The largest absolute Gasteiger partial charge is 0.496 e. The average Bonchev–Trinajstić information content (AvgIpc) is 2.73. The zero-order valence-electron chi connectivity index (χ0n) is 17.2. The van der Waals surface area contributed by atoms with Crippen LogP contribution in [-0.2, 0) is 13.1 Å². The summed E-state index contributed by atoms with van der Waals surface area (Å²) in [4.78, 5) is 17.6. The number of nitrogens with zero attached hydrogens (tertiary/aromatic N) is 2. The highest BCUT2D eigenvalue weighted by Crippen LogP contribution is 2.19. The number of benzene rings is 2. The van der Waals surface area contributed by atoms with Crippen molar-refractivity contribution in [3.05, 3.63) is 64.7 Å². The van der Waals surface area contributed by atoms with Crippen LogP contribution in [0.15, 0.2) is 42.5 Å². The molecule has 0 atom stereocenters. The summed E-state index contributed by atoms with van der Waals surface area (Å²) >= 11 is 0. The van der Waals surface area contributed by atoms with Crippen LogP contribution < -0.4 is 10.1 Å². The third-order valence-corrected chi connectivity index (χ3v) is 5.53. The van der Waals surface area contributed by atoms with Crippen LogP contribution in [0.2, 0.25) is 0 Å². The minimum Gasteiger partial charge on any atom is -0.496 e. The second-order valence-electron chi connectivity index (χ2n) is 7.35. The maximum absolute atomic E-state index is 12.6. The van der Waals surface area contributed by atoms with Gasteiger partial charge < -0.3 is 15.0 Å². The Morgan fingerprint density at radius 1 is 1.04 bits per heavy atom. The summed E-state index contributed by atoms with van der Waals surface area (Å²) in [5, 5.41) is 3.06. The number of methoxy groups -OCH3 is 1. The molecule has 1 heterocycles. The molecule has 1 N–H and O–H groups in total. The van der Waals surface area contributed by atoms with Gasteiger partial charge in [-0.25, -0.2) is 0 Å². The van der Waals surface area contributed by atoms with Crippen LogP contribution >= 0.6 is 0 Å². The summed E-state index contributed by atoms with van der Waals surface area (Å²) in [7, 11) is 1.63. The van der Waals surface area contributed by atoms with E-state index in [1.54, 1.807) is 13.2 Å². The quantitative estimate of drug-likeness (QED) is 0.801. The molecule has 2 aromatic carbocycles. The Bertz CT molecular complexity index is 798. The molecular formula is C23H31N3O2. The summed E-state index contributed by atoms with van der Waals surface area (Å²) in [6.45, 7) is 11.2. The van der Waals surface area contributed by atoms with Gasteiger partial charge in [-0.05, 0) is 42.3 Å². The number of hydrogen-bond donors (Lipinski definition) is 1. The molecule has 5 heteroatoms. The van der Waals surface area contributed by atoms with Gasteiger partial charge in [0.25, 0.3) is 5.91 Å². The van der Waals surface area contributed by atoms with Crippen LogP contribution in [0, 0.1) is 6.92 Å². The lowest BCUT2D eigenvalue weighted by Gasteiger charge is -2.34. The first-order valence-electron chi connectivity index (χ1n) is 10.0. The molecule has 28 heavy (non-hydrogen) atoms. The molecule has 1 aliphatic heterocycles. The fourth-order valence-corrected chi connectivity index (χ4v) is 3.63. The van der Waals surface area contributed by atoms with Gasteiger partial charge in [0.2, 0.25) is 0 Å². The highest BCUT2D eigenvalue weighted by atomic mass is 16.5. The Balaban J connectivity index is 1.61. The number of rotatable bonds is 7. The van der Waals surface area contributed by atoms with Gasteiger partial charge in [0.15, 0.2) is 0 Å². The zero-order chi connectivity index (χ0) is 19.9. The van der Waals surface area contributed by atoms with Crippen molar-refractivity contribution >= 4 is 5.91 Å². The number of ether oxygens (including phenoxy) is 1. The van der Waals surface area contributed by atoms with E-state index >= 15 is 0 Å². The first-order chi connectivity index (χ1) is 13.6. The second-order valence-corrected chi connectivity index (χ2v) is 7.35. The molecular weight excluding hydrogens is 350 g/mol. The molecule has 1 fully saturated rings. The number of hydrogen-bond acceptors (Lipinski definition) is 4. The molecule has 0 aliphatic carbocycles. The highest BCUT2D eigenvalue weighted by Gasteiger charge is 2.17. The predicted octanol–water partition coefficient (Wildman–Crippen LogP) is 3.07. The van der Waals surface area contributed by atoms with Gasteiger partial charge in [-0.1, -0.05) is 37.3 Å². The number of aryl methyl sites for hydroxylation is 1. The Morgan fingerprint density at radius 3 is 2.39 bits per heavy atom. The van der Waals surface area contributed by atoms with E-state index < -0.39 is 0 Å². The summed E-state index contributed by atoms with van der Waals surface area (Å²) in [5.74, 6) is 0.656. The number of nitrogens with one attached hydrogen (secondary N) is 1. The highest BCUT2D eigenvalue weighted by molar-refractivity contribution is 5.94. The zero-order valence-corrected chi connectivity index (χ0v) is 17.2. The van der Waals surface area contributed by atoms with Gasteiger partial charge in [0, 0.05) is 44.8 Å². The summed E-state index contributed by atoms with van der Waals surface area (Å²) in [5.41, 5.74) is 4.10. The molecule has 0 unspecified atom stereocenters. The van der Waals surface area contributed by atoms with Crippen molar-refractivity contribution in [3.63, 3.8) is 0 Å². The van der Waals surface area contributed by atoms with Gasteiger partial charge in [0.05, 0.1) is 7.11 Å². The van der Waals surface area contributed by atoms with Gasteiger partial charge in [-0.3, -0.25) is 9.69 Å². The van der Waals surface area contributed by atoms with Crippen molar-refractivity contribution in [2.45, 2.75) is 26.9 Å². The smallest absolute Gasteiger partial charge is 0.251 e. The Labute approximate surface area is 168 Å². The first kappa shape index (κ1) is 20.4. The van der Waals surface area contributed by atoms with E-state index in [2.05, 4.69) is 40.2 Å². The molecule has 1 amide bonds. The van der Waals surface area contributed by atoms with Crippen molar-refractivity contribution in [2.75, 3.05) is 39.8 Å². The van der Waals surface area contributed by atoms with E-state index in [1.165, 1.54) is 11.1 Å². The molecule has 150 valence electrons. The lowest BCUT2D eigenvalue weighted by Crippen LogP contribution is -2.45. The van der Waals surface area contributed by atoms with Crippen LogP contribution in [0.25, 0.3) is 0 Å². The Kier molecular flexibility index (Phi) is 7.06. The maximum Gasteiger partial charge on any atom is 0.251 e. The minimum absolute atomic E-state index is 0.0790. The SMILES string of the molecule is CCN1CCN(Cc2ccccc2CNC(=O)c2ccc(C)c(OC)c2)CC1. The molecule has 5 nitrogen and oxygen atoms in total. The lowest BCUT2D eigenvalue weighted by molar-refractivity contribution is 0.0950. The summed E-state index contributed by atoms with van der Waals surface area (Å²) in [6, 6.07) is 13.9. The lowest BCUT2D eigenvalue weighted by atomic mass is 10.1. The van der Waals surface area contributed by atoms with Crippen molar-refractivity contribution < 1.29 is 9.53 Å². The van der Waals surface area contributed by atoms with E-state index in [1.807, 2.05) is 25.1 Å². The molecule has 1 saturated heterocycles. The molecule has 0 aromatic heterocycles. The third-order valence-electron chi connectivity index (χ3n) is 5.53. The van der Waals surface area contributed by atoms with Gasteiger partial charge >= 0.3 is 0 Å². The number of carbonyl (C=O) groups is 1. The van der Waals surface area contributed by atoms with Crippen molar-refractivity contribution in [1.29, 1.82) is 0 Å². The fourth-order valence-electron chi connectivity index (χ4n) is 3.63. The Morgan fingerprint density at radius 2 is 1.71 bits per heavy atom. The fraction of sp³-hybridized carbons (Fsp3) is 0.435. The topological polar surface area (TPSA) is 44.8 Å². The van der Waals surface area contributed by atoms with E-state index in [-0.39, 0.29) is 5.91 Å². The average molecular weight is 382 g/mol. The van der Waals surface area contributed by atoms with Gasteiger partial charge in [0.1, 0.15) is 5.75 Å². The summed E-state index contributed by atoms with van der Waals surface area (Å²) < 4.78 is 5.33. The molecule has 2 aromatic rings. The van der Waals surface area contributed by atoms with Crippen LogP contribution in [0.5, 0.6) is 5.75 Å². The second kappa shape index (κ2) is 9.71. The van der Waals surface area contributed by atoms with E-state index in [9.17, 15) is 4.79 Å².